The van der Waals surface area contributed by atoms with Crippen LogP contribution < -0.4 is 11.1 Å². The van der Waals surface area contributed by atoms with Crippen molar-refractivity contribution in [2.45, 2.75) is 32.1 Å². The molecule has 2 atom stereocenters. The van der Waals surface area contributed by atoms with Gasteiger partial charge in [0.1, 0.15) is 0 Å². The molecule has 0 saturated carbocycles. The molecule has 0 bridgehead atoms. The Morgan fingerprint density at radius 1 is 1.42 bits per heavy atom. The highest BCUT2D eigenvalue weighted by atomic mass is 127. The summed E-state index contributed by atoms with van der Waals surface area (Å²) in [6.07, 6.45) is 2.61. The van der Waals surface area contributed by atoms with Gasteiger partial charge in [0, 0.05) is 33.1 Å². The fourth-order valence-electron chi connectivity index (χ4n) is 3.18. The second-order valence-corrected chi connectivity index (χ2v) is 6.36. The monoisotopic (exact) mass is 444 g/mol. The Morgan fingerprint density at radius 2 is 2.12 bits per heavy atom. The van der Waals surface area contributed by atoms with Crippen molar-refractivity contribution in [3.63, 3.8) is 0 Å². The standard InChI is InChI=1S/C18H28N4O.HI/c1-14(16-8-4-3-5-9-16)12-21-18(20-2)22-10-6-7-15(13-22)11-17(19)23;/h3-5,8-9,14-15H,6-7,10-13H2,1-2H3,(H2,19,23)(H,20,21);1H. The molecule has 134 valence electrons. The van der Waals surface area contributed by atoms with E-state index >= 15 is 0 Å². The number of piperidine rings is 1. The molecule has 0 aliphatic carbocycles. The predicted molar refractivity (Wildman–Crippen MR) is 110 cm³/mol. The summed E-state index contributed by atoms with van der Waals surface area (Å²) in [5.41, 5.74) is 6.66. The van der Waals surface area contributed by atoms with Crippen LogP contribution in [0.3, 0.4) is 0 Å². The van der Waals surface area contributed by atoms with Crippen LogP contribution in [0.5, 0.6) is 0 Å². The quantitative estimate of drug-likeness (QED) is 0.417. The number of nitrogens with zero attached hydrogens (tertiary/aromatic N) is 2. The molecule has 1 saturated heterocycles. The number of guanidine groups is 1. The molecule has 2 rings (SSSR count). The number of benzene rings is 1. The fourth-order valence-corrected chi connectivity index (χ4v) is 3.18. The molecule has 3 N–H and O–H groups in total. The van der Waals surface area contributed by atoms with Crippen molar-refractivity contribution in [1.29, 1.82) is 0 Å². The van der Waals surface area contributed by atoms with E-state index in [0.717, 1.165) is 38.4 Å². The number of carbonyl (C=O) groups is 1. The SMILES string of the molecule is CN=C(NCC(C)c1ccccc1)N1CCCC(CC(N)=O)C1.I. The summed E-state index contributed by atoms with van der Waals surface area (Å²) in [5.74, 6) is 1.46. The van der Waals surface area contributed by atoms with Crippen molar-refractivity contribution < 1.29 is 4.79 Å². The van der Waals surface area contributed by atoms with Crippen LogP contribution in [0.25, 0.3) is 0 Å². The number of nitrogens with one attached hydrogen (secondary N) is 1. The smallest absolute Gasteiger partial charge is 0.217 e. The van der Waals surface area contributed by atoms with Crippen LogP contribution in [-0.4, -0.2) is 43.4 Å². The molecule has 0 radical (unpaired) electrons. The number of hydrogen-bond donors (Lipinski definition) is 2. The van der Waals surface area contributed by atoms with Gasteiger partial charge in [-0.15, -0.1) is 24.0 Å². The molecule has 1 heterocycles. The highest BCUT2D eigenvalue weighted by Crippen LogP contribution is 2.20. The fraction of sp³-hybridized carbons (Fsp3) is 0.556. The molecule has 1 aromatic rings. The summed E-state index contributed by atoms with van der Waals surface area (Å²) in [4.78, 5) is 17.8. The third-order valence-electron chi connectivity index (χ3n) is 4.46. The van der Waals surface area contributed by atoms with Gasteiger partial charge in [0.25, 0.3) is 0 Å². The molecule has 0 spiro atoms. The highest BCUT2D eigenvalue weighted by Gasteiger charge is 2.23. The summed E-state index contributed by atoms with van der Waals surface area (Å²) in [6.45, 7) is 4.88. The number of nitrogens with two attached hydrogens (primary N) is 1. The van der Waals surface area contributed by atoms with Crippen molar-refractivity contribution in [2.24, 2.45) is 16.6 Å². The molecular weight excluding hydrogens is 415 g/mol. The molecule has 0 aromatic heterocycles. The Balaban J connectivity index is 0.00000288. The van der Waals surface area contributed by atoms with E-state index in [-0.39, 0.29) is 29.9 Å². The maximum Gasteiger partial charge on any atom is 0.217 e. The number of aliphatic imine (C=N–C) groups is 1. The minimum Gasteiger partial charge on any atom is -0.370 e. The van der Waals surface area contributed by atoms with Crippen LogP contribution in [0.4, 0.5) is 0 Å². The van der Waals surface area contributed by atoms with Gasteiger partial charge in [0.05, 0.1) is 0 Å². The Labute approximate surface area is 162 Å². The molecule has 24 heavy (non-hydrogen) atoms. The minimum absolute atomic E-state index is 0. The van der Waals surface area contributed by atoms with E-state index in [1.165, 1.54) is 5.56 Å². The van der Waals surface area contributed by atoms with E-state index in [2.05, 4.69) is 46.4 Å². The average molecular weight is 444 g/mol. The number of likely N-dealkylation sites (tertiary alicyclic amines) is 1. The lowest BCUT2D eigenvalue weighted by molar-refractivity contribution is -0.119. The molecule has 1 fully saturated rings. The van der Waals surface area contributed by atoms with Gasteiger partial charge in [-0.3, -0.25) is 9.79 Å². The van der Waals surface area contributed by atoms with Gasteiger partial charge >= 0.3 is 0 Å². The van der Waals surface area contributed by atoms with Gasteiger partial charge in [-0.2, -0.15) is 0 Å². The second kappa shape index (κ2) is 10.5. The van der Waals surface area contributed by atoms with Crippen LogP contribution in [0.15, 0.2) is 35.3 Å². The van der Waals surface area contributed by atoms with Gasteiger partial charge in [-0.1, -0.05) is 37.3 Å². The van der Waals surface area contributed by atoms with Gasteiger partial charge in [-0.05, 0) is 30.2 Å². The molecule has 6 heteroatoms. The van der Waals surface area contributed by atoms with E-state index in [9.17, 15) is 4.79 Å². The number of carbonyl (C=O) groups excluding carboxylic acids is 1. The third-order valence-corrected chi connectivity index (χ3v) is 4.46. The molecule has 2 unspecified atom stereocenters. The predicted octanol–water partition coefficient (Wildman–Crippen LogP) is 2.57. The number of hydrogen-bond acceptors (Lipinski definition) is 2. The highest BCUT2D eigenvalue weighted by molar-refractivity contribution is 14.0. The van der Waals surface area contributed by atoms with E-state index in [1.54, 1.807) is 0 Å². The van der Waals surface area contributed by atoms with Crippen LogP contribution in [0.2, 0.25) is 0 Å². The van der Waals surface area contributed by atoms with E-state index < -0.39 is 0 Å². The van der Waals surface area contributed by atoms with Crippen molar-refractivity contribution in [3.05, 3.63) is 35.9 Å². The summed E-state index contributed by atoms with van der Waals surface area (Å²) < 4.78 is 0. The van der Waals surface area contributed by atoms with Gasteiger partial charge in [-0.25, -0.2) is 0 Å². The zero-order chi connectivity index (χ0) is 16.7. The van der Waals surface area contributed by atoms with Gasteiger partial charge < -0.3 is 16.0 Å². The Bertz CT molecular complexity index is 535. The lowest BCUT2D eigenvalue weighted by Crippen LogP contribution is -2.47. The zero-order valence-electron chi connectivity index (χ0n) is 14.6. The maximum atomic E-state index is 11.1. The largest absolute Gasteiger partial charge is 0.370 e. The molecular formula is C18H29IN4O. The first-order chi connectivity index (χ1) is 11.1. The lowest BCUT2D eigenvalue weighted by atomic mass is 9.95. The molecule has 1 aromatic carbocycles. The van der Waals surface area contributed by atoms with Crippen molar-refractivity contribution in [1.82, 2.24) is 10.2 Å². The second-order valence-electron chi connectivity index (χ2n) is 6.36. The van der Waals surface area contributed by atoms with Crippen LogP contribution in [-0.2, 0) is 4.79 Å². The van der Waals surface area contributed by atoms with Crippen LogP contribution >= 0.6 is 24.0 Å². The molecule has 1 aliphatic heterocycles. The summed E-state index contributed by atoms with van der Waals surface area (Å²) >= 11 is 0. The molecule has 5 nitrogen and oxygen atoms in total. The minimum atomic E-state index is -0.211. The number of amides is 1. The number of halogens is 1. The summed E-state index contributed by atoms with van der Waals surface area (Å²) in [5, 5.41) is 3.47. The maximum absolute atomic E-state index is 11.1. The molecule has 1 aliphatic rings. The summed E-state index contributed by atoms with van der Waals surface area (Å²) in [7, 11) is 1.81. The molecule has 1 amide bonds. The lowest BCUT2D eigenvalue weighted by Gasteiger charge is -2.35. The van der Waals surface area contributed by atoms with Crippen LogP contribution in [0, 0.1) is 5.92 Å². The van der Waals surface area contributed by atoms with E-state index in [4.69, 9.17) is 5.73 Å². The number of primary amides is 1. The topological polar surface area (TPSA) is 70.7 Å². The first-order valence-corrected chi connectivity index (χ1v) is 8.39. The zero-order valence-corrected chi connectivity index (χ0v) is 16.9. The summed E-state index contributed by atoms with van der Waals surface area (Å²) in [6, 6.07) is 10.5. The van der Waals surface area contributed by atoms with Crippen molar-refractivity contribution >= 4 is 35.8 Å². The average Bonchev–Trinajstić information content (AvgIpc) is 2.56. The third kappa shape index (κ3) is 6.30. The van der Waals surface area contributed by atoms with Gasteiger partial charge in [0.15, 0.2) is 5.96 Å². The Kier molecular flexibility index (Phi) is 9.10. The Hall–Kier alpha value is -1.31. The van der Waals surface area contributed by atoms with E-state index in [1.807, 2.05) is 13.1 Å². The van der Waals surface area contributed by atoms with E-state index in [0.29, 0.717) is 18.3 Å². The van der Waals surface area contributed by atoms with Gasteiger partial charge in [0.2, 0.25) is 5.91 Å². The normalized spacial score (nSPS) is 19.3. The van der Waals surface area contributed by atoms with Crippen LogP contribution in [0.1, 0.15) is 37.7 Å². The Morgan fingerprint density at radius 3 is 2.75 bits per heavy atom. The number of rotatable bonds is 5. The first-order valence-electron chi connectivity index (χ1n) is 8.39. The van der Waals surface area contributed by atoms with Crippen molar-refractivity contribution in [2.75, 3.05) is 26.7 Å². The first kappa shape index (κ1) is 20.7. The van der Waals surface area contributed by atoms with Crippen molar-refractivity contribution in [3.8, 4) is 0 Å².